The van der Waals surface area contributed by atoms with Gasteiger partial charge in [-0.15, -0.1) is 0 Å². The highest BCUT2D eigenvalue weighted by Gasteiger charge is 2.35. The molecule has 0 radical (unpaired) electrons. The lowest BCUT2D eigenvalue weighted by molar-refractivity contribution is -0.125. The van der Waals surface area contributed by atoms with Gasteiger partial charge in [0.2, 0.25) is 0 Å². The second kappa shape index (κ2) is 6.61. The number of rotatable bonds is 4. The zero-order chi connectivity index (χ0) is 16.2. The van der Waals surface area contributed by atoms with Crippen LogP contribution in [0.5, 0.6) is 0 Å². The standard InChI is InChI=1S/C17H20N2O3/c1-12-5-6-13(2)14(9-12)16(21)22-10-15(20)19-17(11-18)7-3-4-8-17/h5-6,9H,3-4,7-8,10H2,1-2H3,(H,19,20). The largest absolute Gasteiger partial charge is 0.452 e. The van der Waals surface area contributed by atoms with E-state index in [1.165, 1.54) is 0 Å². The first-order valence-corrected chi connectivity index (χ1v) is 7.42. The van der Waals surface area contributed by atoms with Gasteiger partial charge in [-0.05, 0) is 51.2 Å². The normalized spacial score (nSPS) is 15.9. The second-order valence-corrected chi connectivity index (χ2v) is 5.84. The van der Waals surface area contributed by atoms with Gasteiger partial charge in [-0.1, -0.05) is 17.7 Å². The number of nitrogens with zero attached hydrogens (tertiary/aromatic N) is 1. The fraction of sp³-hybridized carbons (Fsp3) is 0.471. The molecule has 0 spiro atoms. The van der Waals surface area contributed by atoms with E-state index in [1.54, 1.807) is 6.07 Å². The van der Waals surface area contributed by atoms with Crippen LogP contribution in [-0.2, 0) is 9.53 Å². The Labute approximate surface area is 130 Å². The molecular weight excluding hydrogens is 280 g/mol. The molecule has 1 aromatic carbocycles. The van der Waals surface area contributed by atoms with Crippen molar-refractivity contribution in [3.05, 3.63) is 34.9 Å². The maximum absolute atomic E-state index is 12.0. The molecule has 22 heavy (non-hydrogen) atoms. The summed E-state index contributed by atoms with van der Waals surface area (Å²) in [6.45, 7) is 3.34. The van der Waals surface area contributed by atoms with Crippen molar-refractivity contribution in [3.8, 4) is 6.07 Å². The Morgan fingerprint density at radius 3 is 2.64 bits per heavy atom. The van der Waals surface area contributed by atoms with E-state index in [4.69, 9.17) is 4.74 Å². The summed E-state index contributed by atoms with van der Waals surface area (Å²) in [5, 5.41) is 11.9. The molecule has 1 saturated carbocycles. The van der Waals surface area contributed by atoms with Crippen LogP contribution in [0.2, 0.25) is 0 Å². The number of ether oxygens (including phenoxy) is 1. The lowest BCUT2D eigenvalue weighted by atomic mass is 10.00. The summed E-state index contributed by atoms with van der Waals surface area (Å²) < 4.78 is 5.07. The van der Waals surface area contributed by atoms with Crippen molar-refractivity contribution in [2.24, 2.45) is 0 Å². The number of benzene rings is 1. The number of amides is 1. The lowest BCUT2D eigenvalue weighted by Crippen LogP contribution is -2.46. The molecule has 1 aromatic rings. The van der Waals surface area contributed by atoms with E-state index < -0.39 is 17.4 Å². The van der Waals surface area contributed by atoms with Gasteiger partial charge in [0.1, 0.15) is 5.54 Å². The van der Waals surface area contributed by atoms with Crippen LogP contribution >= 0.6 is 0 Å². The number of hydrogen-bond donors (Lipinski definition) is 1. The van der Waals surface area contributed by atoms with E-state index >= 15 is 0 Å². The van der Waals surface area contributed by atoms with Crippen LogP contribution < -0.4 is 5.32 Å². The molecule has 2 rings (SSSR count). The SMILES string of the molecule is Cc1ccc(C)c(C(=O)OCC(=O)NC2(C#N)CCCC2)c1. The first-order chi connectivity index (χ1) is 10.5. The summed E-state index contributed by atoms with van der Waals surface area (Å²) >= 11 is 0. The Bertz CT molecular complexity index is 625. The molecule has 1 amide bonds. The van der Waals surface area contributed by atoms with Gasteiger partial charge in [-0.2, -0.15) is 5.26 Å². The van der Waals surface area contributed by atoms with Gasteiger partial charge in [0, 0.05) is 0 Å². The number of nitriles is 1. The van der Waals surface area contributed by atoms with Gasteiger partial charge in [-0.3, -0.25) is 4.79 Å². The van der Waals surface area contributed by atoms with Crippen LogP contribution in [0, 0.1) is 25.2 Å². The maximum atomic E-state index is 12.0. The summed E-state index contributed by atoms with van der Waals surface area (Å²) in [5.74, 6) is -0.948. The van der Waals surface area contributed by atoms with E-state index in [1.807, 2.05) is 26.0 Å². The minimum atomic E-state index is -0.789. The van der Waals surface area contributed by atoms with Gasteiger partial charge >= 0.3 is 5.97 Å². The van der Waals surface area contributed by atoms with Gasteiger partial charge < -0.3 is 10.1 Å². The van der Waals surface area contributed by atoms with Crippen molar-refractivity contribution in [1.29, 1.82) is 5.26 Å². The van der Waals surface area contributed by atoms with Crippen molar-refractivity contribution < 1.29 is 14.3 Å². The predicted octanol–water partition coefficient (Wildman–Crippen LogP) is 2.41. The number of nitrogens with one attached hydrogen (secondary N) is 1. The minimum Gasteiger partial charge on any atom is -0.452 e. The highest BCUT2D eigenvalue weighted by atomic mass is 16.5. The number of aryl methyl sites for hydroxylation is 2. The Morgan fingerprint density at radius 2 is 2.00 bits per heavy atom. The van der Waals surface area contributed by atoms with Crippen molar-refractivity contribution in [2.75, 3.05) is 6.61 Å². The van der Waals surface area contributed by atoms with Crippen molar-refractivity contribution in [2.45, 2.75) is 45.1 Å². The maximum Gasteiger partial charge on any atom is 0.338 e. The summed E-state index contributed by atoms with van der Waals surface area (Å²) in [7, 11) is 0. The zero-order valence-electron chi connectivity index (χ0n) is 12.9. The van der Waals surface area contributed by atoms with Crippen molar-refractivity contribution in [3.63, 3.8) is 0 Å². The van der Waals surface area contributed by atoms with E-state index in [2.05, 4.69) is 11.4 Å². The molecule has 1 fully saturated rings. The molecule has 0 heterocycles. The Balaban J connectivity index is 1.92. The molecule has 0 aromatic heterocycles. The predicted molar refractivity (Wildman–Crippen MR) is 81.2 cm³/mol. The number of carbonyl (C=O) groups is 2. The molecule has 0 saturated heterocycles. The van der Waals surface area contributed by atoms with Gasteiger partial charge in [0.25, 0.3) is 5.91 Å². The third-order valence-electron chi connectivity index (χ3n) is 4.00. The zero-order valence-corrected chi connectivity index (χ0v) is 12.9. The molecule has 116 valence electrons. The van der Waals surface area contributed by atoms with Crippen LogP contribution in [0.3, 0.4) is 0 Å². The van der Waals surface area contributed by atoms with Crippen LogP contribution in [0.15, 0.2) is 18.2 Å². The Morgan fingerprint density at radius 1 is 1.32 bits per heavy atom. The fourth-order valence-corrected chi connectivity index (χ4v) is 2.71. The molecule has 5 nitrogen and oxygen atoms in total. The summed E-state index contributed by atoms with van der Waals surface area (Å²) in [6, 6.07) is 7.67. The first kappa shape index (κ1) is 16.0. The van der Waals surface area contributed by atoms with Crippen molar-refractivity contribution in [1.82, 2.24) is 5.32 Å². The summed E-state index contributed by atoms with van der Waals surface area (Å²) in [4.78, 5) is 24.0. The van der Waals surface area contributed by atoms with E-state index in [9.17, 15) is 14.9 Å². The highest BCUT2D eigenvalue weighted by Crippen LogP contribution is 2.28. The second-order valence-electron chi connectivity index (χ2n) is 5.84. The molecule has 1 aliphatic carbocycles. The van der Waals surface area contributed by atoms with Crippen LogP contribution in [0.1, 0.15) is 47.2 Å². The van der Waals surface area contributed by atoms with Gasteiger partial charge in [0.05, 0.1) is 11.6 Å². The molecule has 0 atom stereocenters. The van der Waals surface area contributed by atoms with E-state index in [0.717, 1.165) is 24.0 Å². The van der Waals surface area contributed by atoms with E-state index in [-0.39, 0.29) is 6.61 Å². The van der Waals surface area contributed by atoms with Gasteiger partial charge in [0.15, 0.2) is 6.61 Å². The third-order valence-corrected chi connectivity index (χ3v) is 4.00. The molecule has 0 unspecified atom stereocenters. The van der Waals surface area contributed by atoms with Gasteiger partial charge in [-0.25, -0.2) is 4.79 Å². The fourth-order valence-electron chi connectivity index (χ4n) is 2.71. The van der Waals surface area contributed by atoms with Crippen LogP contribution in [0.25, 0.3) is 0 Å². The molecule has 1 N–H and O–H groups in total. The molecule has 0 aliphatic heterocycles. The smallest absolute Gasteiger partial charge is 0.338 e. The monoisotopic (exact) mass is 300 g/mol. The first-order valence-electron chi connectivity index (χ1n) is 7.42. The topological polar surface area (TPSA) is 79.2 Å². The molecule has 1 aliphatic rings. The molecular formula is C17H20N2O3. The summed E-state index contributed by atoms with van der Waals surface area (Å²) in [5.41, 5.74) is 1.43. The molecule has 0 bridgehead atoms. The summed E-state index contributed by atoms with van der Waals surface area (Å²) in [6.07, 6.45) is 3.16. The average molecular weight is 300 g/mol. The average Bonchev–Trinajstić information content (AvgIpc) is 2.96. The minimum absolute atomic E-state index is 0.365. The Hall–Kier alpha value is -2.35. The lowest BCUT2D eigenvalue weighted by Gasteiger charge is -2.21. The van der Waals surface area contributed by atoms with Crippen LogP contribution in [-0.4, -0.2) is 24.0 Å². The highest BCUT2D eigenvalue weighted by molar-refractivity contribution is 5.93. The Kier molecular flexibility index (Phi) is 4.81. The van der Waals surface area contributed by atoms with Crippen molar-refractivity contribution >= 4 is 11.9 Å². The molecule has 5 heteroatoms. The van der Waals surface area contributed by atoms with E-state index in [0.29, 0.717) is 18.4 Å². The third kappa shape index (κ3) is 3.64. The number of hydrogen-bond acceptors (Lipinski definition) is 4. The number of esters is 1. The number of carbonyl (C=O) groups excluding carboxylic acids is 2. The quantitative estimate of drug-likeness (QED) is 0.866. The van der Waals surface area contributed by atoms with Crippen LogP contribution in [0.4, 0.5) is 0 Å².